The van der Waals surface area contributed by atoms with Crippen LogP contribution in [-0.2, 0) is 19.1 Å². The van der Waals surface area contributed by atoms with E-state index in [0.717, 1.165) is 31.3 Å². The molecule has 0 fully saturated rings. The molecule has 0 aliphatic carbocycles. The summed E-state index contributed by atoms with van der Waals surface area (Å²) in [6.07, 6.45) is 0. The van der Waals surface area contributed by atoms with Gasteiger partial charge in [-0.3, -0.25) is 9.69 Å². The lowest BCUT2D eigenvalue weighted by Crippen LogP contribution is -2.41. The molecule has 2 aromatic rings. The normalized spacial score (nSPS) is 15.5. The number of nitriles is 1. The second kappa shape index (κ2) is 9.87. The number of anilines is 1. The van der Waals surface area contributed by atoms with E-state index in [2.05, 4.69) is 5.32 Å². The van der Waals surface area contributed by atoms with E-state index in [4.69, 9.17) is 15.2 Å². The summed E-state index contributed by atoms with van der Waals surface area (Å²) in [6, 6.07) is 13.8. The number of ether oxygens (including phenoxy) is 2. The fourth-order valence-corrected chi connectivity index (χ4v) is 3.73. The summed E-state index contributed by atoms with van der Waals surface area (Å²) in [4.78, 5) is 39.0. The molecule has 2 aromatic carbocycles. The summed E-state index contributed by atoms with van der Waals surface area (Å²) in [5.74, 6) is -4.75. The van der Waals surface area contributed by atoms with Crippen LogP contribution >= 0.6 is 0 Å². The summed E-state index contributed by atoms with van der Waals surface area (Å²) in [6.45, 7) is 0. The standard InChI is InChI=1S/C24H21FN4O5/c1-28-22(30)14-9-10-16(25)17(11-14)29-20(24(32)34-3)19(23(31)33-2)18(15(12-26)21(29)27)13-7-5-4-6-8-13/h4-11,18H,27H2,1-3H3,(H,28,30). The summed E-state index contributed by atoms with van der Waals surface area (Å²) in [5, 5.41) is 12.4. The Morgan fingerprint density at radius 1 is 1.09 bits per heavy atom. The molecule has 1 unspecified atom stereocenters. The molecule has 0 saturated heterocycles. The number of carbonyl (C=O) groups is 3. The first-order valence-corrected chi connectivity index (χ1v) is 9.97. The van der Waals surface area contributed by atoms with Crippen LogP contribution in [0.25, 0.3) is 0 Å². The number of halogens is 1. The van der Waals surface area contributed by atoms with Gasteiger partial charge in [-0.1, -0.05) is 30.3 Å². The lowest BCUT2D eigenvalue weighted by Gasteiger charge is -2.36. The fraction of sp³-hybridized carbons (Fsp3) is 0.167. The van der Waals surface area contributed by atoms with Crippen molar-refractivity contribution in [1.29, 1.82) is 5.26 Å². The Bertz CT molecular complexity index is 1260. The Morgan fingerprint density at radius 2 is 1.74 bits per heavy atom. The van der Waals surface area contributed by atoms with Gasteiger partial charge in [0.15, 0.2) is 0 Å². The highest BCUT2D eigenvalue weighted by atomic mass is 19.1. The number of carbonyl (C=O) groups excluding carboxylic acids is 3. The van der Waals surface area contributed by atoms with E-state index >= 15 is 4.39 Å². The Labute approximate surface area is 194 Å². The zero-order valence-corrected chi connectivity index (χ0v) is 18.6. The molecule has 174 valence electrons. The first kappa shape index (κ1) is 24.0. The Hall–Kier alpha value is -4.65. The molecule has 1 aliphatic heterocycles. The van der Waals surface area contributed by atoms with Gasteiger partial charge in [0.25, 0.3) is 5.91 Å². The number of nitrogens with zero attached hydrogens (tertiary/aromatic N) is 2. The van der Waals surface area contributed by atoms with E-state index in [1.54, 1.807) is 30.3 Å². The highest BCUT2D eigenvalue weighted by Crippen LogP contribution is 2.43. The Balaban J connectivity index is 2.44. The first-order chi connectivity index (χ1) is 16.3. The third-order valence-electron chi connectivity index (χ3n) is 5.29. The van der Waals surface area contributed by atoms with Gasteiger partial charge in [0.05, 0.1) is 43.0 Å². The molecule has 10 heteroatoms. The van der Waals surface area contributed by atoms with Gasteiger partial charge in [-0.25, -0.2) is 14.0 Å². The number of hydrogen-bond acceptors (Lipinski definition) is 8. The van der Waals surface area contributed by atoms with Gasteiger partial charge in [-0.15, -0.1) is 0 Å². The predicted octanol–water partition coefficient (Wildman–Crippen LogP) is 2.08. The average Bonchev–Trinajstić information content (AvgIpc) is 2.87. The average molecular weight is 464 g/mol. The minimum Gasteiger partial charge on any atom is -0.466 e. The van der Waals surface area contributed by atoms with Crippen molar-refractivity contribution < 1.29 is 28.2 Å². The van der Waals surface area contributed by atoms with Gasteiger partial charge < -0.3 is 20.5 Å². The van der Waals surface area contributed by atoms with Crippen LogP contribution in [0.15, 0.2) is 71.2 Å². The van der Waals surface area contributed by atoms with Gasteiger partial charge in [0.2, 0.25) is 0 Å². The van der Waals surface area contributed by atoms with E-state index < -0.39 is 35.3 Å². The molecule has 0 radical (unpaired) electrons. The summed E-state index contributed by atoms with van der Waals surface area (Å²) in [7, 11) is 3.59. The van der Waals surface area contributed by atoms with E-state index in [1.165, 1.54) is 13.1 Å². The maximum atomic E-state index is 15.1. The van der Waals surface area contributed by atoms with E-state index in [0.29, 0.717) is 5.56 Å². The van der Waals surface area contributed by atoms with Crippen LogP contribution in [0, 0.1) is 17.1 Å². The minimum atomic E-state index is -1.09. The van der Waals surface area contributed by atoms with Crippen molar-refractivity contribution in [1.82, 2.24) is 5.32 Å². The SMILES string of the molecule is CNC(=O)c1ccc(F)c(N2C(N)=C(C#N)C(c3ccccc3)C(C(=O)OC)=C2C(=O)OC)c1. The Kier molecular flexibility index (Phi) is 6.97. The fourth-order valence-electron chi connectivity index (χ4n) is 3.73. The molecule has 1 atom stereocenters. The molecule has 0 spiro atoms. The van der Waals surface area contributed by atoms with Crippen molar-refractivity contribution in [2.45, 2.75) is 5.92 Å². The van der Waals surface area contributed by atoms with Crippen LogP contribution in [0.2, 0.25) is 0 Å². The molecular formula is C24H21FN4O5. The smallest absolute Gasteiger partial charge is 0.355 e. The highest BCUT2D eigenvalue weighted by molar-refractivity contribution is 6.06. The predicted molar refractivity (Wildman–Crippen MR) is 119 cm³/mol. The molecule has 0 bridgehead atoms. The number of allylic oxidation sites excluding steroid dienone is 1. The van der Waals surface area contributed by atoms with Crippen molar-refractivity contribution in [3.8, 4) is 6.07 Å². The van der Waals surface area contributed by atoms with Crippen molar-refractivity contribution in [3.63, 3.8) is 0 Å². The highest BCUT2D eigenvalue weighted by Gasteiger charge is 2.43. The molecule has 0 aromatic heterocycles. The van der Waals surface area contributed by atoms with Crippen molar-refractivity contribution in [3.05, 3.63) is 88.1 Å². The van der Waals surface area contributed by atoms with Crippen LogP contribution in [0.5, 0.6) is 0 Å². The third-order valence-corrected chi connectivity index (χ3v) is 5.29. The molecule has 1 aliphatic rings. The lowest BCUT2D eigenvalue weighted by molar-refractivity contribution is -0.139. The van der Waals surface area contributed by atoms with Gasteiger partial charge >= 0.3 is 11.9 Å². The first-order valence-electron chi connectivity index (χ1n) is 9.97. The summed E-state index contributed by atoms with van der Waals surface area (Å²) < 4.78 is 24.9. The number of nitrogens with two attached hydrogens (primary N) is 1. The maximum Gasteiger partial charge on any atom is 0.355 e. The molecule has 1 heterocycles. The second-order valence-corrected chi connectivity index (χ2v) is 7.08. The van der Waals surface area contributed by atoms with Gasteiger partial charge in [-0.05, 0) is 23.8 Å². The zero-order chi connectivity index (χ0) is 25.0. The molecule has 1 amide bonds. The van der Waals surface area contributed by atoms with Crippen LogP contribution in [-0.4, -0.2) is 39.1 Å². The largest absolute Gasteiger partial charge is 0.466 e. The maximum absolute atomic E-state index is 15.1. The number of rotatable bonds is 5. The Morgan fingerprint density at radius 3 is 2.29 bits per heavy atom. The molecule has 9 nitrogen and oxygen atoms in total. The van der Waals surface area contributed by atoms with Crippen LogP contribution in [0.1, 0.15) is 21.8 Å². The molecular weight excluding hydrogens is 443 g/mol. The van der Waals surface area contributed by atoms with Gasteiger partial charge in [0, 0.05) is 12.6 Å². The number of nitrogens with one attached hydrogen (secondary N) is 1. The van der Waals surface area contributed by atoms with Crippen LogP contribution in [0.4, 0.5) is 10.1 Å². The topological polar surface area (TPSA) is 135 Å². The van der Waals surface area contributed by atoms with Crippen molar-refractivity contribution in [2.24, 2.45) is 5.73 Å². The van der Waals surface area contributed by atoms with Crippen molar-refractivity contribution in [2.75, 3.05) is 26.2 Å². The number of benzene rings is 2. The number of methoxy groups -OCH3 is 2. The van der Waals surface area contributed by atoms with Gasteiger partial charge in [-0.2, -0.15) is 5.26 Å². The van der Waals surface area contributed by atoms with Gasteiger partial charge in [0.1, 0.15) is 17.3 Å². The van der Waals surface area contributed by atoms with E-state index in [-0.39, 0.29) is 28.2 Å². The summed E-state index contributed by atoms with van der Waals surface area (Å²) in [5.41, 5.74) is 5.70. The minimum absolute atomic E-state index is 0.0548. The van der Waals surface area contributed by atoms with Crippen LogP contribution < -0.4 is 16.0 Å². The number of amides is 1. The lowest BCUT2D eigenvalue weighted by atomic mass is 9.81. The summed E-state index contributed by atoms with van der Waals surface area (Å²) >= 11 is 0. The molecule has 34 heavy (non-hydrogen) atoms. The van der Waals surface area contributed by atoms with Crippen LogP contribution in [0.3, 0.4) is 0 Å². The van der Waals surface area contributed by atoms with E-state index in [1.807, 2.05) is 6.07 Å². The van der Waals surface area contributed by atoms with E-state index in [9.17, 15) is 19.6 Å². The van der Waals surface area contributed by atoms with Crippen molar-refractivity contribution >= 4 is 23.5 Å². The molecule has 3 N–H and O–H groups in total. The monoisotopic (exact) mass is 464 g/mol. The zero-order valence-electron chi connectivity index (χ0n) is 18.6. The quantitative estimate of drug-likeness (QED) is 0.643. The second-order valence-electron chi connectivity index (χ2n) is 7.08. The molecule has 0 saturated carbocycles. The number of hydrogen-bond donors (Lipinski definition) is 2. The number of esters is 2. The molecule has 3 rings (SSSR count). The third kappa shape index (κ3) is 4.06.